The van der Waals surface area contributed by atoms with Crippen molar-refractivity contribution >= 4 is 64.0 Å². The Labute approximate surface area is 308 Å². The molecule has 0 atom stereocenters. The van der Waals surface area contributed by atoms with E-state index in [2.05, 4.69) is 85.7 Å². The number of hydrogen-bond acceptors (Lipinski definition) is 4. The minimum absolute atomic E-state index is 0. The van der Waals surface area contributed by atoms with Crippen LogP contribution in [0.1, 0.15) is 38.8 Å². The maximum absolute atomic E-state index is 14.5. The van der Waals surface area contributed by atoms with E-state index in [1.54, 1.807) is 11.8 Å². The second-order valence-electron chi connectivity index (χ2n) is 13.2. The molecule has 5 nitrogen and oxygen atoms in total. The number of allylic oxidation sites excluding steroid dienone is 6. The Morgan fingerprint density at radius 3 is 2.24 bits per heavy atom. The lowest BCUT2D eigenvalue weighted by Gasteiger charge is -2.30. The largest absolute Gasteiger partial charge is 1.00 e. The fourth-order valence-corrected chi connectivity index (χ4v) is 8.49. The van der Waals surface area contributed by atoms with E-state index in [0.29, 0.717) is 11.6 Å². The van der Waals surface area contributed by atoms with Crippen LogP contribution in [0.2, 0.25) is 5.02 Å². The van der Waals surface area contributed by atoms with Crippen molar-refractivity contribution in [3.05, 3.63) is 143 Å². The van der Waals surface area contributed by atoms with Gasteiger partial charge in [0.25, 0.3) is 5.91 Å². The number of para-hydroxylation sites is 3. The van der Waals surface area contributed by atoms with Gasteiger partial charge in [0, 0.05) is 49.3 Å². The zero-order valence-electron chi connectivity index (χ0n) is 27.9. The van der Waals surface area contributed by atoms with Crippen LogP contribution in [0.4, 0.5) is 22.7 Å². The van der Waals surface area contributed by atoms with E-state index in [0.717, 1.165) is 50.2 Å². The molecule has 248 valence electrons. The minimum atomic E-state index is -0.327. The predicted octanol–water partition coefficient (Wildman–Crippen LogP) is 6.54. The number of rotatable bonds is 7. The molecule has 0 unspecified atom stereocenters. The molecule has 0 saturated carbocycles. The van der Waals surface area contributed by atoms with Crippen molar-refractivity contribution in [2.75, 3.05) is 22.9 Å². The van der Waals surface area contributed by atoms with E-state index >= 15 is 0 Å². The van der Waals surface area contributed by atoms with Crippen LogP contribution in [0, 0.1) is 0 Å². The lowest BCUT2D eigenvalue weighted by atomic mass is 9.81. The molecule has 0 aliphatic carbocycles. The average Bonchev–Trinajstić information content (AvgIpc) is 3.42. The molecule has 0 saturated heterocycles. The van der Waals surface area contributed by atoms with Crippen LogP contribution < -0.4 is 26.8 Å². The molecule has 0 radical (unpaired) electrons. The minimum Gasteiger partial charge on any atom is -1.00 e. The Balaban J connectivity index is 0.00000417. The van der Waals surface area contributed by atoms with Gasteiger partial charge in [-0.15, -0.1) is 0 Å². The van der Waals surface area contributed by atoms with Crippen LogP contribution in [-0.4, -0.2) is 35.6 Å². The highest BCUT2D eigenvalue weighted by Crippen LogP contribution is 2.50. The summed E-state index contributed by atoms with van der Waals surface area (Å²) in [5.41, 5.74) is 7.72. The Hall–Kier alpha value is -4.17. The van der Waals surface area contributed by atoms with Crippen LogP contribution in [0.15, 0.2) is 137 Å². The summed E-state index contributed by atoms with van der Waals surface area (Å²) in [5, 5.41) is 0.593. The van der Waals surface area contributed by atoms with Crippen molar-refractivity contribution in [1.82, 2.24) is 0 Å². The third-order valence-corrected chi connectivity index (χ3v) is 11.0. The highest BCUT2D eigenvalue weighted by atomic mass is 79.9. The van der Waals surface area contributed by atoms with Crippen molar-refractivity contribution in [3.63, 3.8) is 0 Å². The van der Waals surface area contributed by atoms with Gasteiger partial charge in [-0.2, -0.15) is 4.58 Å². The molecule has 3 heterocycles. The fraction of sp³-hybridized carbons (Fsp3) is 0.195. The monoisotopic (exact) mass is 749 g/mol. The van der Waals surface area contributed by atoms with Gasteiger partial charge < -0.3 is 26.7 Å². The number of nitrogens with zero attached hydrogens (tertiary/aromatic N) is 3. The fourth-order valence-electron chi connectivity index (χ4n) is 7.28. The molecule has 1 amide bonds. The Kier molecular flexibility index (Phi) is 9.64. The third-order valence-electron chi connectivity index (χ3n) is 9.62. The molecular formula is C41H37BrClN3O2S. The lowest BCUT2D eigenvalue weighted by Crippen LogP contribution is -3.00. The highest BCUT2D eigenvalue weighted by Gasteiger charge is 2.45. The first-order valence-corrected chi connectivity index (χ1v) is 17.3. The molecule has 7 rings (SSSR count). The molecule has 0 aromatic heterocycles. The van der Waals surface area contributed by atoms with E-state index in [4.69, 9.17) is 11.6 Å². The molecule has 3 aliphatic heterocycles. The molecule has 49 heavy (non-hydrogen) atoms. The topological polar surface area (TPSA) is 43.6 Å². The van der Waals surface area contributed by atoms with E-state index in [9.17, 15) is 9.59 Å². The van der Waals surface area contributed by atoms with Gasteiger partial charge in [-0.3, -0.25) is 9.69 Å². The normalized spacial score (nSPS) is 17.6. The number of halogens is 2. The number of carbonyl (C=O) groups excluding carboxylic acids is 2. The molecule has 0 fully saturated rings. The van der Waals surface area contributed by atoms with E-state index < -0.39 is 0 Å². The lowest BCUT2D eigenvalue weighted by molar-refractivity contribution is -0.424. The van der Waals surface area contributed by atoms with Gasteiger partial charge in [-0.25, -0.2) is 0 Å². The first-order valence-electron chi connectivity index (χ1n) is 16.1. The van der Waals surface area contributed by atoms with Gasteiger partial charge in [0.2, 0.25) is 12.2 Å². The third kappa shape index (κ3) is 6.02. The van der Waals surface area contributed by atoms with Crippen LogP contribution >= 0.6 is 23.4 Å². The van der Waals surface area contributed by atoms with E-state index in [1.165, 1.54) is 11.1 Å². The standard InChI is InChI=1S/C41H37ClN3O2S.BrH/c1-40(2)29-14-8-10-16-31(29)43(24-25-46)37(40)20-6-5-7-21-38-41(3,4)30-15-9-11-17-32(30)44(38)27-39(47)45-33-18-12-13-19-35(33)48-36-23-22-28(42)26-34(36)45;/h5-23,25-26H,24,27H2,1-4H3;1H/q+1;/p-1. The zero-order valence-corrected chi connectivity index (χ0v) is 31.0. The number of anilines is 3. The number of fused-ring (bicyclic) bond motifs is 4. The summed E-state index contributed by atoms with van der Waals surface area (Å²) in [5.74, 6) is -0.0387. The van der Waals surface area contributed by atoms with Crippen molar-refractivity contribution in [2.24, 2.45) is 0 Å². The van der Waals surface area contributed by atoms with Gasteiger partial charge in [0.05, 0.1) is 23.3 Å². The molecular weight excluding hydrogens is 714 g/mol. The van der Waals surface area contributed by atoms with Crippen molar-refractivity contribution in [1.29, 1.82) is 0 Å². The number of carbonyl (C=O) groups is 2. The molecule has 4 aromatic rings. The van der Waals surface area contributed by atoms with E-state index in [1.807, 2.05) is 77.7 Å². The first kappa shape index (κ1) is 34.7. The van der Waals surface area contributed by atoms with Crippen molar-refractivity contribution in [3.8, 4) is 0 Å². The van der Waals surface area contributed by atoms with Crippen molar-refractivity contribution < 1.29 is 31.1 Å². The Bertz CT molecular complexity index is 2100. The van der Waals surface area contributed by atoms with Crippen LogP contribution in [0.5, 0.6) is 0 Å². The number of aldehydes is 1. The number of hydrogen-bond donors (Lipinski definition) is 0. The smallest absolute Gasteiger partial charge is 0.297 e. The summed E-state index contributed by atoms with van der Waals surface area (Å²) >= 11 is 8.11. The SMILES string of the molecule is CC1(C)C(=CC=CC=CC2=[N+](CC(=O)N3c4ccccc4Sc4ccc(Cl)cc43)c3ccccc3C2(C)C)N(CC=O)c2ccccc21.[Br-]. The zero-order chi connectivity index (χ0) is 33.6. The molecule has 3 aliphatic rings. The summed E-state index contributed by atoms with van der Waals surface area (Å²) in [6.07, 6.45) is 11.3. The summed E-state index contributed by atoms with van der Waals surface area (Å²) < 4.78 is 2.15. The highest BCUT2D eigenvalue weighted by molar-refractivity contribution is 7.99. The summed E-state index contributed by atoms with van der Waals surface area (Å²) in [7, 11) is 0. The molecule has 0 bridgehead atoms. The second-order valence-corrected chi connectivity index (χ2v) is 14.8. The average molecular weight is 751 g/mol. The maximum atomic E-state index is 14.5. The van der Waals surface area contributed by atoms with Gasteiger partial charge in [-0.1, -0.05) is 104 Å². The summed E-state index contributed by atoms with van der Waals surface area (Å²) in [4.78, 5) is 32.0. The molecule has 8 heteroatoms. The molecule has 0 spiro atoms. The first-order chi connectivity index (χ1) is 23.1. The van der Waals surface area contributed by atoms with Crippen LogP contribution in [0.3, 0.4) is 0 Å². The number of amides is 1. The van der Waals surface area contributed by atoms with Gasteiger partial charge >= 0.3 is 0 Å². The van der Waals surface area contributed by atoms with Crippen LogP contribution in [-0.2, 0) is 20.4 Å². The van der Waals surface area contributed by atoms with Gasteiger partial charge in [0.1, 0.15) is 6.29 Å². The Morgan fingerprint density at radius 2 is 1.47 bits per heavy atom. The quantitative estimate of drug-likeness (QED) is 0.122. The van der Waals surface area contributed by atoms with Crippen LogP contribution in [0.25, 0.3) is 0 Å². The summed E-state index contributed by atoms with van der Waals surface area (Å²) in [6.45, 7) is 9.27. The predicted molar refractivity (Wildman–Crippen MR) is 198 cm³/mol. The number of benzene rings is 4. The van der Waals surface area contributed by atoms with Gasteiger partial charge in [0.15, 0.2) is 5.71 Å². The van der Waals surface area contributed by atoms with Crippen molar-refractivity contribution in [2.45, 2.75) is 48.3 Å². The van der Waals surface area contributed by atoms with Gasteiger partial charge in [-0.05, 0) is 61.9 Å². The Morgan fingerprint density at radius 1 is 0.796 bits per heavy atom. The summed E-state index contributed by atoms with van der Waals surface area (Å²) in [6, 6.07) is 30.4. The van der Waals surface area contributed by atoms with E-state index in [-0.39, 0.29) is 40.3 Å². The molecule has 0 N–H and O–H groups in total. The maximum Gasteiger partial charge on any atom is 0.297 e. The molecule has 4 aromatic carbocycles. The second kappa shape index (κ2) is 13.6.